The van der Waals surface area contributed by atoms with Crippen molar-refractivity contribution >= 4 is 39.2 Å². The first-order valence-corrected chi connectivity index (χ1v) is 11.8. The summed E-state index contributed by atoms with van der Waals surface area (Å²) in [5.41, 5.74) is 1.89. The van der Waals surface area contributed by atoms with Gasteiger partial charge in [0, 0.05) is 17.0 Å². The lowest BCUT2D eigenvalue weighted by Crippen LogP contribution is -2.25. The van der Waals surface area contributed by atoms with Crippen LogP contribution in [0.15, 0.2) is 34.2 Å². The predicted molar refractivity (Wildman–Crippen MR) is 124 cm³/mol. The lowest BCUT2D eigenvalue weighted by molar-refractivity contribution is -0.118. The van der Waals surface area contributed by atoms with Crippen LogP contribution in [0.4, 0.5) is 0 Å². The molecular formula is C22H27N3O3S2. The van der Waals surface area contributed by atoms with Gasteiger partial charge < -0.3 is 15.0 Å². The van der Waals surface area contributed by atoms with Gasteiger partial charge in [-0.05, 0) is 30.9 Å². The van der Waals surface area contributed by atoms with E-state index in [2.05, 4.69) is 29.1 Å². The molecule has 6 nitrogen and oxygen atoms in total. The van der Waals surface area contributed by atoms with E-state index in [1.165, 1.54) is 11.8 Å². The van der Waals surface area contributed by atoms with Gasteiger partial charge in [-0.15, -0.1) is 11.3 Å². The number of methoxy groups -OCH3 is 1. The topological polar surface area (TPSA) is 84.1 Å². The number of hydrogen-bond donors (Lipinski definition) is 2. The highest BCUT2D eigenvalue weighted by Gasteiger charge is 2.17. The number of nitrogens with zero attached hydrogens (tertiary/aromatic N) is 1. The lowest BCUT2D eigenvalue weighted by Gasteiger charge is -2.09. The van der Waals surface area contributed by atoms with Gasteiger partial charge >= 0.3 is 0 Å². The number of fused-ring (bicyclic) bond motifs is 1. The molecule has 1 atom stereocenters. The van der Waals surface area contributed by atoms with Crippen LogP contribution in [0.25, 0.3) is 10.2 Å². The van der Waals surface area contributed by atoms with E-state index in [-0.39, 0.29) is 17.2 Å². The SMILES string of the molecule is CCC(C)Cc1c(C)sc2nc(SCC(=O)NCc3ccccc3OC)[nH]c(=O)c12. The van der Waals surface area contributed by atoms with Gasteiger partial charge in [0.15, 0.2) is 5.16 Å². The number of aromatic amines is 1. The molecule has 0 fully saturated rings. The third kappa shape index (κ3) is 5.23. The summed E-state index contributed by atoms with van der Waals surface area (Å²) in [5, 5.41) is 4.05. The Hall–Kier alpha value is -2.32. The van der Waals surface area contributed by atoms with E-state index in [0.717, 1.165) is 39.4 Å². The number of benzene rings is 1. The molecule has 0 bridgehead atoms. The minimum atomic E-state index is -0.131. The molecule has 1 unspecified atom stereocenters. The molecule has 2 aromatic heterocycles. The molecule has 0 saturated heterocycles. The van der Waals surface area contributed by atoms with Gasteiger partial charge in [0.2, 0.25) is 5.91 Å². The first kappa shape index (κ1) is 22.4. The van der Waals surface area contributed by atoms with Crippen LogP contribution in [0.5, 0.6) is 5.75 Å². The second-order valence-electron chi connectivity index (χ2n) is 7.28. The quantitative estimate of drug-likeness (QED) is 0.379. The van der Waals surface area contributed by atoms with Crippen LogP contribution in [0.1, 0.15) is 36.3 Å². The maximum absolute atomic E-state index is 12.7. The highest BCUT2D eigenvalue weighted by atomic mass is 32.2. The zero-order valence-corrected chi connectivity index (χ0v) is 19.3. The summed E-state index contributed by atoms with van der Waals surface area (Å²) < 4.78 is 5.30. The van der Waals surface area contributed by atoms with E-state index < -0.39 is 0 Å². The van der Waals surface area contributed by atoms with Crippen LogP contribution in [-0.2, 0) is 17.8 Å². The van der Waals surface area contributed by atoms with Gasteiger partial charge in [-0.2, -0.15) is 0 Å². The summed E-state index contributed by atoms with van der Waals surface area (Å²) in [6.07, 6.45) is 1.95. The Bertz CT molecular complexity index is 1090. The summed E-state index contributed by atoms with van der Waals surface area (Å²) in [6, 6.07) is 7.56. The summed E-state index contributed by atoms with van der Waals surface area (Å²) in [5.74, 6) is 1.30. The number of amides is 1. The standard InChI is InChI=1S/C22H27N3O3S2/c1-5-13(2)10-16-14(3)30-21-19(16)20(27)24-22(25-21)29-12-18(26)23-11-15-8-6-7-9-17(15)28-4/h6-9,13H,5,10-12H2,1-4H3,(H,23,26)(H,24,25,27). The van der Waals surface area contributed by atoms with E-state index in [4.69, 9.17) is 4.74 Å². The number of thiophene rings is 1. The van der Waals surface area contributed by atoms with Crippen molar-refractivity contribution in [3.8, 4) is 5.75 Å². The fraction of sp³-hybridized carbons (Fsp3) is 0.409. The van der Waals surface area contributed by atoms with Gasteiger partial charge in [0.25, 0.3) is 5.56 Å². The van der Waals surface area contributed by atoms with E-state index in [1.54, 1.807) is 18.4 Å². The molecule has 2 N–H and O–H groups in total. The van der Waals surface area contributed by atoms with E-state index >= 15 is 0 Å². The number of ether oxygens (including phenoxy) is 1. The smallest absolute Gasteiger partial charge is 0.260 e. The monoisotopic (exact) mass is 445 g/mol. The number of para-hydroxylation sites is 1. The van der Waals surface area contributed by atoms with Gasteiger partial charge in [0.05, 0.1) is 18.2 Å². The highest BCUT2D eigenvalue weighted by molar-refractivity contribution is 7.99. The molecule has 1 aromatic carbocycles. The van der Waals surface area contributed by atoms with E-state index in [0.29, 0.717) is 23.0 Å². The second kappa shape index (κ2) is 10.1. The fourth-order valence-corrected chi connectivity index (χ4v) is 4.99. The van der Waals surface area contributed by atoms with Crippen molar-refractivity contribution in [2.45, 2.75) is 45.3 Å². The zero-order valence-electron chi connectivity index (χ0n) is 17.7. The number of aryl methyl sites for hydroxylation is 1. The number of thioether (sulfide) groups is 1. The van der Waals surface area contributed by atoms with Gasteiger partial charge in [-0.1, -0.05) is 50.2 Å². The van der Waals surface area contributed by atoms with Crippen molar-refractivity contribution in [1.29, 1.82) is 0 Å². The molecule has 0 radical (unpaired) electrons. The molecule has 0 aliphatic rings. The molecule has 0 saturated carbocycles. The molecular weight excluding hydrogens is 418 g/mol. The Morgan fingerprint density at radius 3 is 2.87 bits per heavy atom. The van der Waals surface area contributed by atoms with Crippen LogP contribution >= 0.6 is 23.1 Å². The molecule has 0 aliphatic carbocycles. The van der Waals surface area contributed by atoms with Gasteiger partial charge in [0.1, 0.15) is 10.6 Å². The number of carbonyl (C=O) groups excluding carboxylic acids is 1. The molecule has 8 heteroatoms. The maximum Gasteiger partial charge on any atom is 0.260 e. The minimum absolute atomic E-state index is 0.125. The third-order valence-corrected chi connectivity index (χ3v) is 7.01. The van der Waals surface area contributed by atoms with Crippen LogP contribution in [-0.4, -0.2) is 28.7 Å². The Balaban J connectivity index is 1.66. The van der Waals surface area contributed by atoms with Gasteiger partial charge in [-0.25, -0.2) is 4.98 Å². The number of H-pyrrole nitrogens is 1. The number of carbonyl (C=O) groups is 1. The summed E-state index contributed by atoms with van der Waals surface area (Å²) in [4.78, 5) is 34.3. The first-order chi connectivity index (χ1) is 14.4. The molecule has 1 amide bonds. The maximum atomic E-state index is 12.7. The Morgan fingerprint density at radius 2 is 2.13 bits per heavy atom. The van der Waals surface area contributed by atoms with Crippen LogP contribution in [0, 0.1) is 12.8 Å². The first-order valence-electron chi connectivity index (χ1n) is 9.96. The average Bonchev–Trinajstić information content (AvgIpc) is 3.06. The molecule has 2 heterocycles. The largest absolute Gasteiger partial charge is 0.496 e. The van der Waals surface area contributed by atoms with E-state index in [9.17, 15) is 9.59 Å². The predicted octanol–water partition coefficient (Wildman–Crippen LogP) is 4.30. The molecule has 30 heavy (non-hydrogen) atoms. The van der Waals surface area contributed by atoms with Crippen molar-refractivity contribution in [2.24, 2.45) is 5.92 Å². The Kier molecular flexibility index (Phi) is 7.55. The fourth-order valence-electron chi connectivity index (χ4n) is 3.19. The number of nitrogens with one attached hydrogen (secondary N) is 2. The summed E-state index contributed by atoms with van der Waals surface area (Å²) >= 11 is 2.78. The van der Waals surface area contributed by atoms with Crippen LogP contribution in [0.2, 0.25) is 0 Å². The molecule has 3 aromatic rings. The Labute approximate surface area is 184 Å². The minimum Gasteiger partial charge on any atom is -0.496 e. The van der Waals surface area contributed by atoms with E-state index in [1.807, 2.05) is 31.2 Å². The molecule has 3 rings (SSSR count). The molecule has 0 aliphatic heterocycles. The highest BCUT2D eigenvalue weighted by Crippen LogP contribution is 2.30. The van der Waals surface area contributed by atoms with Crippen LogP contribution in [0.3, 0.4) is 0 Å². The van der Waals surface area contributed by atoms with Gasteiger partial charge in [-0.3, -0.25) is 9.59 Å². The number of rotatable bonds is 9. The Morgan fingerprint density at radius 1 is 1.37 bits per heavy atom. The third-order valence-electron chi connectivity index (χ3n) is 5.10. The average molecular weight is 446 g/mol. The number of hydrogen-bond acceptors (Lipinski definition) is 6. The lowest BCUT2D eigenvalue weighted by atomic mass is 9.98. The number of aromatic nitrogens is 2. The van der Waals surface area contributed by atoms with Crippen LogP contribution < -0.4 is 15.6 Å². The summed E-state index contributed by atoms with van der Waals surface area (Å²) in [6.45, 7) is 6.78. The van der Waals surface area contributed by atoms with Crippen molar-refractivity contribution in [3.63, 3.8) is 0 Å². The van der Waals surface area contributed by atoms with Crippen molar-refractivity contribution < 1.29 is 9.53 Å². The molecule has 0 spiro atoms. The van der Waals surface area contributed by atoms with Crippen molar-refractivity contribution in [2.75, 3.05) is 12.9 Å². The normalized spacial score (nSPS) is 12.1. The second-order valence-corrected chi connectivity index (χ2v) is 9.45. The zero-order chi connectivity index (χ0) is 21.7. The molecule has 160 valence electrons. The van der Waals surface area contributed by atoms with Crippen molar-refractivity contribution in [3.05, 3.63) is 50.6 Å². The summed E-state index contributed by atoms with van der Waals surface area (Å²) in [7, 11) is 1.61. The van der Waals surface area contributed by atoms with Crippen molar-refractivity contribution in [1.82, 2.24) is 15.3 Å².